The van der Waals surface area contributed by atoms with Crippen molar-refractivity contribution in [1.82, 2.24) is 15.2 Å². The van der Waals surface area contributed by atoms with Crippen LogP contribution >= 0.6 is 0 Å². The Kier molecular flexibility index (Phi) is 4.43. The van der Waals surface area contributed by atoms with Crippen LogP contribution in [0.15, 0.2) is 60.8 Å². The highest BCUT2D eigenvalue weighted by Gasteiger charge is 2.50. The standard InChI is InChI=1S/C23H23FN4O/c24-19-6-8-20(9-7-19)28-16-26-22(29)23(28)10-13-27(14-11-23)15-18-4-1-3-17-5-2-12-25-21(17)18/h1-9,12H,10-11,13-16H2,(H,26,29). The number of carbonyl (C=O) groups is 1. The average molecular weight is 390 g/mol. The summed E-state index contributed by atoms with van der Waals surface area (Å²) in [6, 6.07) is 16.7. The molecule has 1 amide bonds. The summed E-state index contributed by atoms with van der Waals surface area (Å²) in [4.78, 5) is 21.8. The zero-order chi connectivity index (χ0) is 19.8. The predicted molar refractivity (Wildman–Crippen MR) is 111 cm³/mol. The molecule has 1 spiro atoms. The van der Waals surface area contributed by atoms with Gasteiger partial charge in [-0.2, -0.15) is 0 Å². The lowest BCUT2D eigenvalue weighted by Gasteiger charge is -2.43. The Hall–Kier alpha value is -2.99. The monoisotopic (exact) mass is 390 g/mol. The second kappa shape index (κ2) is 7.12. The lowest BCUT2D eigenvalue weighted by atomic mass is 9.85. The number of benzene rings is 2. The highest BCUT2D eigenvalue weighted by atomic mass is 19.1. The smallest absolute Gasteiger partial charge is 0.247 e. The van der Waals surface area contributed by atoms with Crippen LogP contribution in [0.4, 0.5) is 10.1 Å². The van der Waals surface area contributed by atoms with Crippen LogP contribution in [0.1, 0.15) is 18.4 Å². The van der Waals surface area contributed by atoms with Crippen molar-refractivity contribution >= 4 is 22.5 Å². The molecular formula is C23H23FN4O. The van der Waals surface area contributed by atoms with Crippen molar-refractivity contribution in [1.29, 1.82) is 0 Å². The summed E-state index contributed by atoms with van der Waals surface area (Å²) in [5.74, 6) is -0.187. The molecule has 148 valence electrons. The van der Waals surface area contributed by atoms with E-state index in [2.05, 4.69) is 44.4 Å². The third-order valence-electron chi connectivity index (χ3n) is 6.27. The molecule has 0 saturated carbocycles. The van der Waals surface area contributed by atoms with Gasteiger partial charge in [-0.3, -0.25) is 14.7 Å². The van der Waals surface area contributed by atoms with Gasteiger partial charge in [-0.25, -0.2) is 4.39 Å². The van der Waals surface area contributed by atoms with Crippen molar-refractivity contribution in [2.75, 3.05) is 24.7 Å². The molecule has 2 aliphatic heterocycles. The number of nitrogens with one attached hydrogen (secondary N) is 1. The molecule has 2 saturated heterocycles. The Morgan fingerprint density at radius 1 is 1.03 bits per heavy atom. The Labute approximate surface area is 169 Å². The zero-order valence-electron chi connectivity index (χ0n) is 16.1. The number of amides is 1. The molecule has 2 aliphatic rings. The number of nitrogens with zero attached hydrogens (tertiary/aromatic N) is 3. The van der Waals surface area contributed by atoms with E-state index in [-0.39, 0.29) is 11.7 Å². The maximum atomic E-state index is 13.3. The number of likely N-dealkylation sites (tertiary alicyclic amines) is 1. The summed E-state index contributed by atoms with van der Waals surface area (Å²) < 4.78 is 13.3. The Morgan fingerprint density at radius 3 is 2.59 bits per heavy atom. The van der Waals surface area contributed by atoms with Crippen molar-refractivity contribution in [3.05, 3.63) is 72.2 Å². The van der Waals surface area contributed by atoms with Crippen LogP contribution in [0.2, 0.25) is 0 Å². The maximum absolute atomic E-state index is 13.3. The molecular weight excluding hydrogens is 367 g/mol. The van der Waals surface area contributed by atoms with Crippen molar-refractivity contribution in [3.8, 4) is 0 Å². The number of hydrogen-bond acceptors (Lipinski definition) is 4. The molecule has 1 aromatic heterocycles. The lowest BCUT2D eigenvalue weighted by Crippen LogP contribution is -2.56. The van der Waals surface area contributed by atoms with E-state index in [0.717, 1.165) is 49.1 Å². The minimum atomic E-state index is -0.550. The number of carbonyl (C=O) groups excluding carboxylic acids is 1. The van der Waals surface area contributed by atoms with Gasteiger partial charge < -0.3 is 10.2 Å². The summed E-state index contributed by atoms with van der Waals surface area (Å²) in [5.41, 5.74) is 2.59. The number of fused-ring (bicyclic) bond motifs is 1. The SMILES string of the molecule is O=C1NCN(c2ccc(F)cc2)C12CCN(Cc1cccc3cccnc13)CC2. The van der Waals surface area contributed by atoms with E-state index in [1.54, 1.807) is 12.1 Å². The Morgan fingerprint density at radius 2 is 1.79 bits per heavy atom. The van der Waals surface area contributed by atoms with Gasteiger partial charge in [-0.1, -0.05) is 24.3 Å². The number of piperidine rings is 1. The molecule has 0 atom stereocenters. The van der Waals surface area contributed by atoms with Gasteiger partial charge in [0.1, 0.15) is 11.4 Å². The maximum Gasteiger partial charge on any atom is 0.247 e. The topological polar surface area (TPSA) is 48.5 Å². The van der Waals surface area contributed by atoms with Crippen molar-refractivity contribution < 1.29 is 9.18 Å². The summed E-state index contributed by atoms with van der Waals surface area (Å²) in [6.07, 6.45) is 3.32. The summed E-state index contributed by atoms with van der Waals surface area (Å²) >= 11 is 0. The number of rotatable bonds is 3. The second-order valence-corrected chi connectivity index (χ2v) is 7.87. The van der Waals surface area contributed by atoms with Gasteiger partial charge in [0.15, 0.2) is 0 Å². The molecule has 0 aliphatic carbocycles. The number of hydrogen-bond donors (Lipinski definition) is 1. The van der Waals surface area contributed by atoms with E-state index in [0.29, 0.717) is 6.67 Å². The normalized spacial score (nSPS) is 19.1. The highest BCUT2D eigenvalue weighted by Crippen LogP contribution is 2.36. The third kappa shape index (κ3) is 3.13. The molecule has 2 fully saturated rings. The molecule has 0 unspecified atom stereocenters. The van der Waals surface area contributed by atoms with Gasteiger partial charge in [-0.15, -0.1) is 0 Å². The number of pyridine rings is 1. The fraction of sp³-hybridized carbons (Fsp3) is 0.304. The van der Waals surface area contributed by atoms with E-state index in [9.17, 15) is 9.18 Å². The van der Waals surface area contributed by atoms with Gasteiger partial charge in [0.25, 0.3) is 0 Å². The number of anilines is 1. The van der Waals surface area contributed by atoms with Crippen LogP contribution in [0.5, 0.6) is 0 Å². The first kappa shape index (κ1) is 18.1. The first-order chi connectivity index (χ1) is 14.2. The summed E-state index contributed by atoms with van der Waals surface area (Å²) in [6.45, 7) is 2.95. The van der Waals surface area contributed by atoms with Gasteiger partial charge in [0, 0.05) is 36.9 Å². The van der Waals surface area contributed by atoms with Gasteiger partial charge >= 0.3 is 0 Å². The molecule has 3 aromatic rings. The fourth-order valence-corrected chi connectivity index (χ4v) is 4.66. The van der Waals surface area contributed by atoms with E-state index in [4.69, 9.17) is 0 Å². The van der Waals surface area contributed by atoms with Crippen LogP contribution in [-0.4, -0.2) is 41.1 Å². The highest BCUT2D eigenvalue weighted by molar-refractivity contribution is 5.93. The number of para-hydroxylation sites is 1. The number of halogens is 1. The quantitative estimate of drug-likeness (QED) is 0.746. The second-order valence-electron chi connectivity index (χ2n) is 7.87. The molecule has 6 heteroatoms. The molecule has 2 aromatic carbocycles. The third-order valence-corrected chi connectivity index (χ3v) is 6.27. The Bertz CT molecular complexity index is 1040. The van der Waals surface area contributed by atoms with Crippen LogP contribution in [0.3, 0.4) is 0 Å². The van der Waals surface area contributed by atoms with E-state index < -0.39 is 5.54 Å². The molecule has 5 rings (SSSR count). The van der Waals surface area contributed by atoms with Crippen LogP contribution in [0, 0.1) is 5.82 Å². The molecule has 0 bridgehead atoms. The molecule has 29 heavy (non-hydrogen) atoms. The van der Waals surface area contributed by atoms with E-state index in [1.807, 2.05) is 12.3 Å². The van der Waals surface area contributed by atoms with E-state index >= 15 is 0 Å². The van der Waals surface area contributed by atoms with Crippen LogP contribution in [-0.2, 0) is 11.3 Å². The zero-order valence-corrected chi connectivity index (χ0v) is 16.1. The summed E-state index contributed by atoms with van der Waals surface area (Å²) in [5, 5.41) is 4.15. The number of aromatic nitrogens is 1. The molecule has 0 radical (unpaired) electrons. The van der Waals surface area contributed by atoms with Gasteiger partial charge in [0.2, 0.25) is 5.91 Å². The molecule has 3 heterocycles. The van der Waals surface area contributed by atoms with Crippen LogP contribution in [0.25, 0.3) is 10.9 Å². The molecule has 1 N–H and O–H groups in total. The summed E-state index contributed by atoms with van der Waals surface area (Å²) in [7, 11) is 0. The Balaban J connectivity index is 1.34. The first-order valence-electron chi connectivity index (χ1n) is 10.0. The van der Waals surface area contributed by atoms with Crippen LogP contribution < -0.4 is 10.2 Å². The van der Waals surface area contributed by atoms with Gasteiger partial charge in [0.05, 0.1) is 12.2 Å². The van der Waals surface area contributed by atoms with Crippen molar-refractivity contribution in [2.45, 2.75) is 24.9 Å². The first-order valence-corrected chi connectivity index (χ1v) is 10.0. The molecule has 5 nitrogen and oxygen atoms in total. The average Bonchev–Trinajstić information content (AvgIpc) is 3.06. The minimum Gasteiger partial charge on any atom is -0.339 e. The van der Waals surface area contributed by atoms with Crippen molar-refractivity contribution in [2.24, 2.45) is 0 Å². The largest absolute Gasteiger partial charge is 0.339 e. The van der Waals surface area contributed by atoms with Gasteiger partial charge in [-0.05, 0) is 48.7 Å². The fourth-order valence-electron chi connectivity index (χ4n) is 4.66. The minimum absolute atomic E-state index is 0.0771. The lowest BCUT2D eigenvalue weighted by molar-refractivity contribution is -0.125. The predicted octanol–water partition coefficient (Wildman–Crippen LogP) is 3.30. The van der Waals surface area contributed by atoms with E-state index in [1.165, 1.54) is 17.7 Å². The van der Waals surface area contributed by atoms with Crippen molar-refractivity contribution in [3.63, 3.8) is 0 Å².